The van der Waals surface area contributed by atoms with Crippen LogP contribution in [0, 0.1) is 12.8 Å². The molecule has 0 aliphatic carbocycles. The Morgan fingerprint density at radius 3 is 2.04 bits per heavy atom. The zero-order chi connectivity index (χ0) is 20.0. The van der Waals surface area contributed by atoms with Crippen molar-refractivity contribution >= 4 is 17.5 Å². The number of amides is 2. The highest BCUT2D eigenvalue weighted by Crippen LogP contribution is 2.21. The zero-order valence-electron chi connectivity index (χ0n) is 16.9. The third-order valence-electron chi connectivity index (χ3n) is 4.91. The largest absolute Gasteiger partial charge is 0.340 e. The molecular formula is C23H30N2O2. The van der Waals surface area contributed by atoms with E-state index in [4.69, 9.17) is 0 Å². The third-order valence-corrected chi connectivity index (χ3v) is 4.91. The molecule has 2 N–H and O–H groups in total. The summed E-state index contributed by atoms with van der Waals surface area (Å²) < 4.78 is 0. The van der Waals surface area contributed by atoms with Gasteiger partial charge >= 0.3 is 0 Å². The second-order valence-electron chi connectivity index (χ2n) is 7.48. The van der Waals surface area contributed by atoms with Crippen molar-refractivity contribution in [3.8, 4) is 0 Å². The van der Waals surface area contributed by atoms with Gasteiger partial charge in [-0.2, -0.15) is 0 Å². The van der Waals surface area contributed by atoms with E-state index in [1.54, 1.807) is 12.1 Å². The van der Waals surface area contributed by atoms with E-state index in [2.05, 4.69) is 24.5 Å². The Labute approximate surface area is 162 Å². The molecular weight excluding hydrogens is 336 g/mol. The van der Waals surface area contributed by atoms with E-state index >= 15 is 0 Å². The molecule has 0 aromatic heterocycles. The van der Waals surface area contributed by atoms with E-state index in [0.717, 1.165) is 17.7 Å². The molecule has 27 heavy (non-hydrogen) atoms. The van der Waals surface area contributed by atoms with Gasteiger partial charge in [-0.1, -0.05) is 57.5 Å². The van der Waals surface area contributed by atoms with E-state index in [0.29, 0.717) is 11.5 Å². The molecule has 2 aromatic carbocycles. The minimum absolute atomic E-state index is 0.0289. The van der Waals surface area contributed by atoms with Gasteiger partial charge in [0.05, 0.1) is 0 Å². The predicted molar refractivity (Wildman–Crippen MR) is 111 cm³/mol. The summed E-state index contributed by atoms with van der Waals surface area (Å²) in [7, 11) is 0. The van der Waals surface area contributed by atoms with Crippen LogP contribution in [0.5, 0.6) is 0 Å². The molecule has 2 aromatic rings. The molecule has 0 aliphatic heterocycles. The van der Waals surface area contributed by atoms with Crippen LogP contribution in [-0.4, -0.2) is 17.9 Å². The van der Waals surface area contributed by atoms with Crippen molar-refractivity contribution in [3.63, 3.8) is 0 Å². The smallest absolute Gasteiger partial charge is 0.251 e. The number of carbonyl (C=O) groups excluding carboxylic acids is 2. The lowest BCUT2D eigenvalue weighted by Gasteiger charge is -2.22. The Balaban J connectivity index is 2.06. The van der Waals surface area contributed by atoms with Gasteiger partial charge in [-0.05, 0) is 55.0 Å². The zero-order valence-corrected chi connectivity index (χ0v) is 16.9. The van der Waals surface area contributed by atoms with Gasteiger partial charge in [-0.3, -0.25) is 9.59 Å². The first-order valence-electron chi connectivity index (χ1n) is 9.60. The molecule has 2 atom stereocenters. The Hall–Kier alpha value is -2.62. The van der Waals surface area contributed by atoms with Gasteiger partial charge in [-0.15, -0.1) is 0 Å². The number of carbonyl (C=O) groups is 2. The molecule has 4 nitrogen and oxygen atoms in total. The van der Waals surface area contributed by atoms with Gasteiger partial charge in [0.15, 0.2) is 0 Å². The fraction of sp³-hybridized carbons (Fsp3) is 0.391. The predicted octanol–water partition coefficient (Wildman–Crippen LogP) is 4.90. The van der Waals surface area contributed by atoms with E-state index < -0.39 is 6.04 Å². The summed E-state index contributed by atoms with van der Waals surface area (Å²) in [6, 6.07) is 14.6. The summed E-state index contributed by atoms with van der Waals surface area (Å²) in [5.41, 5.74) is 3.63. The van der Waals surface area contributed by atoms with Gasteiger partial charge in [0.2, 0.25) is 5.91 Å². The van der Waals surface area contributed by atoms with Crippen molar-refractivity contribution in [1.82, 2.24) is 5.32 Å². The molecule has 0 saturated heterocycles. The number of aryl methyl sites for hydroxylation is 1. The average Bonchev–Trinajstić information content (AvgIpc) is 2.66. The molecule has 2 rings (SSSR count). The van der Waals surface area contributed by atoms with Crippen LogP contribution in [0.15, 0.2) is 48.5 Å². The fourth-order valence-electron chi connectivity index (χ4n) is 2.82. The van der Waals surface area contributed by atoms with Crippen LogP contribution in [0.25, 0.3) is 0 Å². The molecule has 0 saturated carbocycles. The average molecular weight is 367 g/mol. The molecule has 0 bridgehead atoms. The monoisotopic (exact) mass is 366 g/mol. The summed E-state index contributed by atoms with van der Waals surface area (Å²) in [5.74, 6) is 0.0171. The van der Waals surface area contributed by atoms with Crippen molar-refractivity contribution in [2.75, 3.05) is 5.32 Å². The first-order valence-corrected chi connectivity index (χ1v) is 9.60. The highest BCUT2D eigenvalue weighted by molar-refractivity contribution is 6.01. The van der Waals surface area contributed by atoms with Gasteiger partial charge < -0.3 is 10.6 Å². The minimum Gasteiger partial charge on any atom is -0.340 e. The maximum absolute atomic E-state index is 12.7. The highest BCUT2D eigenvalue weighted by atomic mass is 16.2. The van der Waals surface area contributed by atoms with Gasteiger partial charge in [0.1, 0.15) is 6.04 Å². The summed E-state index contributed by atoms with van der Waals surface area (Å²) in [6.07, 6.45) is 1.08. The van der Waals surface area contributed by atoms with Crippen molar-refractivity contribution in [1.29, 1.82) is 0 Å². The fourth-order valence-corrected chi connectivity index (χ4v) is 2.82. The third kappa shape index (κ3) is 5.68. The second-order valence-corrected chi connectivity index (χ2v) is 7.48. The molecule has 2 amide bonds. The Bertz CT molecular complexity index is 764. The van der Waals surface area contributed by atoms with Crippen LogP contribution in [0.4, 0.5) is 5.69 Å². The van der Waals surface area contributed by atoms with Crippen molar-refractivity contribution < 1.29 is 9.59 Å². The highest BCUT2D eigenvalue weighted by Gasteiger charge is 2.24. The maximum Gasteiger partial charge on any atom is 0.251 e. The van der Waals surface area contributed by atoms with Crippen LogP contribution < -0.4 is 10.6 Å². The van der Waals surface area contributed by atoms with Crippen LogP contribution in [-0.2, 0) is 4.79 Å². The molecule has 0 radical (unpaired) electrons. The molecule has 144 valence electrons. The lowest BCUT2D eigenvalue weighted by molar-refractivity contribution is -0.118. The Morgan fingerprint density at radius 2 is 1.52 bits per heavy atom. The Morgan fingerprint density at radius 1 is 0.926 bits per heavy atom. The summed E-state index contributed by atoms with van der Waals surface area (Å²) >= 11 is 0. The van der Waals surface area contributed by atoms with E-state index in [1.807, 2.05) is 57.2 Å². The van der Waals surface area contributed by atoms with Crippen LogP contribution >= 0.6 is 0 Å². The second kappa shape index (κ2) is 9.36. The SMILES string of the molecule is CC[C@@H](C)c1ccc(NC(=O)[C@@H](NC(=O)c2ccc(C)cc2)C(C)C)cc1. The number of hydrogen-bond donors (Lipinski definition) is 2. The molecule has 0 heterocycles. The quantitative estimate of drug-likeness (QED) is 0.732. The molecule has 0 fully saturated rings. The van der Waals surface area contributed by atoms with Crippen molar-refractivity contribution in [3.05, 3.63) is 65.2 Å². The van der Waals surface area contributed by atoms with Gasteiger partial charge in [0.25, 0.3) is 5.91 Å². The summed E-state index contributed by atoms with van der Waals surface area (Å²) in [4.78, 5) is 25.2. The first-order chi connectivity index (χ1) is 12.8. The summed E-state index contributed by atoms with van der Waals surface area (Å²) in [5, 5.41) is 5.78. The lowest BCUT2D eigenvalue weighted by atomic mass is 9.98. The van der Waals surface area contributed by atoms with Crippen LogP contribution in [0.2, 0.25) is 0 Å². The normalized spacial score (nSPS) is 13.1. The van der Waals surface area contributed by atoms with Gasteiger partial charge in [0, 0.05) is 11.3 Å². The van der Waals surface area contributed by atoms with E-state index in [9.17, 15) is 9.59 Å². The maximum atomic E-state index is 12.7. The molecule has 0 unspecified atom stereocenters. The molecule has 4 heteroatoms. The number of benzene rings is 2. The van der Waals surface area contributed by atoms with E-state index in [1.165, 1.54) is 5.56 Å². The number of nitrogens with one attached hydrogen (secondary N) is 2. The van der Waals surface area contributed by atoms with Gasteiger partial charge in [-0.25, -0.2) is 0 Å². The number of hydrogen-bond acceptors (Lipinski definition) is 2. The first kappa shape index (κ1) is 20.7. The standard InChI is InChI=1S/C23H30N2O2/c1-6-17(5)18-11-13-20(14-12-18)24-23(27)21(15(2)3)25-22(26)19-9-7-16(4)8-10-19/h7-15,17,21H,6H2,1-5H3,(H,24,27)(H,25,26)/t17-,21+/m1/s1. The lowest BCUT2D eigenvalue weighted by Crippen LogP contribution is -2.47. The minimum atomic E-state index is -0.604. The van der Waals surface area contributed by atoms with Crippen LogP contribution in [0.1, 0.15) is 61.5 Å². The number of rotatable bonds is 7. The topological polar surface area (TPSA) is 58.2 Å². The molecule has 0 spiro atoms. The Kier molecular flexibility index (Phi) is 7.17. The number of anilines is 1. The van der Waals surface area contributed by atoms with Crippen molar-refractivity contribution in [2.24, 2.45) is 5.92 Å². The summed E-state index contributed by atoms with van der Waals surface area (Å²) in [6.45, 7) is 10.2. The van der Waals surface area contributed by atoms with E-state index in [-0.39, 0.29) is 17.7 Å². The van der Waals surface area contributed by atoms with Crippen molar-refractivity contribution in [2.45, 2.75) is 53.0 Å². The molecule has 0 aliphatic rings. The van der Waals surface area contributed by atoms with Crippen LogP contribution in [0.3, 0.4) is 0 Å².